The highest BCUT2D eigenvalue weighted by atomic mass is 35.5. The summed E-state index contributed by atoms with van der Waals surface area (Å²) in [6.07, 6.45) is 7.29. The van der Waals surface area contributed by atoms with Gasteiger partial charge in [-0.05, 0) is 24.5 Å². The lowest BCUT2D eigenvalue weighted by Gasteiger charge is -2.26. The number of hydrogen-bond donors (Lipinski definition) is 0. The second-order valence-electron chi connectivity index (χ2n) is 7.11. The third-order valence-electron chi connectivity index (χ3n) is 5.57. The molecule has 2 aliphatic heterocycles. The summed E-state index contributed by atoms with van der Waals surface area (Å²) in [5, 5.41) is 4.56. The molecule has 4 heterocycles. The molecular weight excluding hydrogens is 354 g/mol. The largest absolute Gasteiger partial charge is 0.340 e. The third-order valence-corrected chi connectivity index (χ3v) is 5.77. The topological polar surface area (TPSA) is 71.3 Å². The van der Waals surface area contributed by atoms with Gasteiger partial charge in [0.1, 0.15) is 6.54 Å². The van der Waals surface area contributed by atoms with Gasteiger partial charge in [-0.2, -0.15) is 5.10 Å². The third kappa shape index (κ3) is 2.76. The lowest BCUT2D eigenvalue weighted by molar-refractivity contribution is -0.132. The Morgan fingerprint density at radius 3 is 2.96 bits per heavy atom. The first-order valence-corrected chi connectivity index (χ1v) is 9.05. The number of pyridine rings is 1. The second kappa shape index (κ2) is 6.39. The molecule has 2 fully saturated rings. The molecule has 2 saturated heterocycles. The van der Waals surface area contributed by atoms with Crippen LogP contribution in [0.25, 0.3) is 0 Å². The van der Waals surface area contributed by atoms with Crippen LogP contribution in [0, 0.1) is 11.3 Å². The van der Waals surface area contributed by atoms with Crippen LogP contribution in [-0.4, -0.2) is 51.1 Å². The Morgan fingerprint density at radius 2 is 2.27 bits per heavy atom. The standard InChI is InChI=1S/C18H20ClN5O2/c1-13-9-22(16(25)11-23-10-14(19)7-21-23)12-18(13)4-6-24(17(18)26)15-3-2-5-20-8-15/h2-3,5,7-8,10,13H,4,6,9,11-12H2,1H3/t13-,18-/m1/s1. The van der Waals surface area contributed by atoms with Gasteiger partial charge in [0.25, 0.3) is 0 Å². The second-order valence-corrected chi connectivity index (χ2v) is 7.54. The van der Waals surface area contributed by atoms with Crippen LogP contribution in [0.3, 0.4) is 0 Å². The molecule has 0 aliphatic carbocycles. The van der Waals surface area contributed by atoms with Crippen LogP contribution < -0.4 is 4.90 Å². The van der Waals surface area contributed by atoms with E-state index >= 15 is 0 Å². The molecule has 0 radical (unpaired) electrons. The van der Waals surface area contributed by atoms with Crippen LogP contribution >= 0.6 is 11.6 Å². The molecule has 0 N–H and O–H groups in total. The summed E-state index contributed by atoms with van der Waals surface area (Å²) in [6.45, 7) is 3.89. The fraction of sp³-hybridized carbons (Fsp3) is 0.444. The van der Waals surface area contributed by atoms with Gasteiger partial charge in [0.2, 0.25) is 11.8 Å². The number of carbonyl (C=O) groups excluding carboxylic acids is 2. The number of aromatic nitrogens is 3. The predicted octanol–water partition coefficient (Wildman–Crippen LogP) is 1.83. The molecule has 0 aromatic carbocycles. The van der Waals surface area contributed by atoms with Gasteiger partial charge in [-0.3, -0.25) is 19.3 Å². The van der Waals surface area contributed by atoms with E-state index in [9.17, 15) is 9.59 Å². The van der Waals surface area contributed by atoms with Gasteiger partial charge < -0.3 is 9.80 Å². The van der Waals surface area contributed by atoms with Gasteiger partial charge >= 0.3 is 0 Å². The number of carbonyl (C=O) groups is 2. The van der Waals surface area contributed by atoms with E-state index < -0.39 is 5.41 Å². The minimum atomic E-state index is -0.507. The average Bonchev–Trinajstić information content (AvgIpc) is 3.29. The number of hydrogen-bond acceptors (Lipinski definition) is 4. The number of likely N-dealkylation sites (tertiary alicyclic amines) is 1. The van der Waals surface area contributed by atoms with E-state index in [2.05, 4.69) is 17.0 Å². The molecule has 0 bridgehead atoms. The molecule has 7 nitrogen and oxygen atoms in total. The van der Waals surface area contributed by atoms with Gasteiger partial charge in [0.15, 0.2) is 0 Å². The van der Waals surface area contributed by atoms with Crippen molar-refractivity contribution in [1.29, 1.82) is 0 Å². The Hall–Kier alpha value is -2.41. The van der Waals surface area contributed by atoms with Gasteiger partial charge in [-0.1, -0.05) is 18.5 Å². The fourth-order valence-corrected chi connectivity index (χ4v) is 4.23. The number of rotatable bonds is 3. The van der Waals surface area contributed by atoms with Crippen molar-refractivity contribution in [2.45, 2.75) is 19.9 Å². The maximum absolute atomic E-state index is 13.2. The minimum Gasteiger partial charge on any atom is -0.340 e. The summed E-state index contributed by atoms with van der Waals surface area (Å²) in [6, 6.07) is 3.73. The van der Waals surface area contributed by atoms with Crippen LogP contribution in [-0.2, 0) is 16.1 Å². The SMILES string of the molecule is C[C@@H]1CN(C(=O)Cn2cc(Cl)cn2)C[C@]12CCN(c1cccnc1)C2=O. The molecule has 2 aromatic rings. The molecule has 26 heavy (non-hydrogen) atoms. The lowest BCUT2D eigenvalue weighted by atomic mass is 9.78. The average molecular weight is 374 g/mol. The fourth-order valence-electron chi connectivity index (χ4n) is 4.07. The predicted molar refractivity (Wildman–Crippen MR) is 96.6 cm³/mol. The summed E-state index contributed by atoms with van der Waals surface area (Å²) in [5.41, 5.74) is 0.310. The summed E-state index contributed by atoms with van der Waals surface area (Å²) >= 11 is 5.86. The smallest absolute Gasteiger partial charge is 0.244 e. The number of halogens is 1. The zero-order valence-corrected chi connectivity index (χ0v) is 15.3. The van der Waals surface area contributed by atoms with Crippen LogP contribution in [0.4, 0.5) is 5.69 Å². The highest BCUT2D eigenvalue weighted by molar-refractivity contribution is 6.30. The molecule has 8 heteroatoms. The van der Waals surface area contributed by atoms with Crippen molar-refractivity contribution in [3.63, 3.8) is 0 Å². The molecule has 0 saturated carbocycles. The Morgan fingerprint density at radius 1 is 1.42 bits per heavy atom. The highest BCUT2D eigenvalue weighted by Crippen LogP contribution is 2.45. The van der Waals surface area contributed by atoms with Crippen molar-refractivity contribution in [2.75, 3.05) is 24.5 Å². The zero-order chi connectivity index (χ0) is 18.3. The van der Waals surface area contributed by atoms with Crippen molar-refractivity contribution in [3.05, 3.63) is 41.9 Å². The van der Waals surface area contributed by atoms with Crippen LogP contribution in [0.1, 0.15) is 13.3 Å². The molecule has 136 valence electrons. The molecule has 0 unspecified atom stereocenters. The van der Waals surface area contributed by atoms with Crippen LogP contribution in [0.5, 0.6) is 0 Å². The first-order valence-electron chi connectivity index (χ1n) is 8.67. The Labute approximate surface area is 156 Å². The first kappa shape index (κ1) is 17.0. The molecule has 1 spiro atoms. The molecule has 2 aliphatic rings. The maximum atomic E-state index is 13.2. The van der Waals surface area contributed by atoms with Gasteiger partial charge in [0.05, 0.1) is 28.5 Å². The quantitative estimate of drug-likeness (QED) is 0.823. The van der Waals surface area contributed by atoms with Gasteiger partial charge in [-0.15, -0.1) is 0 Å². The molecule has 4 rings (SSSR count). The number of amides is 2. The van der Waals surface area contributed by atoms with E-state index in [0.717, 1.165) is 12.1 Å². The number of anilines is 1. The van der Waals surface area contributed by atoms with Crippen molar-refractivity contribution >= 4 is 29.1 Å². The highest BCUT2D eigenvalue weighted by Gasteiger charge is 2.56. The Kier molecular flexibility index (Phi) is 4.19. The van der Waals surface area contributed by atoms with Crippen molar-refractivity contribution in [1.82, 2.24) is 19.7 Å². The van der Waals surface area contributed by atoms with Crippen molar-refractivity contribution in [2.24, 2.45) is 11.3 Å². The minimum absolute atomic E-state index is 0.0406. The van der Waals surface area contributed by atoms with Crippen LogP contribution in [0.15, 0.2) is 36.9 Å². The molecule has 2 amide bonds. The zero-order valence-electron chi connectivity index (χ0n) is 14.5. The van der Waals surface area contributed by atoms with E-state index in [1.54, 1.807) is 28.4 Å². The van der Waals surface area contributed by atoms with E-state index in [1.807, 2.05) is 12.1 Å². The van der Waals surface area contributed by atoms with E-state index in [4.69, 9.17) is 11.6 Å². The van der Waals surface area contributed by atoms with Gasteiger partial charge in [0, 0.05) is 32.0 Å². The Balaban J connectivity index is 1.50. The van der Waals surface area contributed by atoms with Gasteiger partial charge in [-0.25, -0.2) is 0 Å². The summed E-state index contributed by atoms with van der Waals surface area (Å²) < 4.78 is 1.53. The number of nitrogens with zero attached hydrogens (tertiary/aromatic N) is 5. The van der Waals surface area contributed by atoms with Crippen molar-refractivity contribution < 1.29 is 9.59 Å². The van der Waals surface area contributed by atoms with E-state index in [-0.39, 0.29) is 24.3 Å². The summed E-state index contributed by atoms with van der Waals surface area (Å²) in [7, 11) is 0. The normalized spacial score (nSPS) is 25.5. The molecule has 2 atom stereocenters. The molecule has 2 aromatic heterocycles. The van der Waals surface area contributed by atoms with E-state index in [0.29, 0.717) is 24.7 Å². The van der Waals surface area contributed by atoms with Crippen molar-refractivity contribution in [3.8, 4) is 0 Å². The summed E-state index contributed by atoms with van der Waals surface area (Å²) in [4.78, 5) is 33.5. The first-order chi connectivity index (χ1) is 12.5. The monoisotopic (exact) mass is 373 g/mol. The Bertz CT molecular complexity index is 839. The maximum Gasteiger partial charge on any atom is 0.244 e. The van der Waals surface area contributed by atoms with Crippen LogP contribution in [0.2, 0.25) is 5.02 Å². The lowest BCUT2D eigenvalue weighted by Crippen LogP contribution is -2.40. The van der Waals surface area contributed by atoms with E-state index in [1.165, 1.54) is 10.9 Å². The summed E-state index contributed by atoms with van der Waals surface area (Å²) in [5.74, 6) is 0.165. The molecular formula is C18H20ClN5O2.